The molecule has 0 radical (unpaired) electrons. The Hall–Kier alpha value is -2.09. The second kappa shape index (κ2) is 7.25. The molecule has 1 aromatic carbocycles. The average Bonchev–Trinajstić information content (AvgIpc) is 3.17. The Balaban J connectivity index is 1.38. The number of halogens is 2. The fourth-order valence-electron chi connectivity index (χ4n) is 4.29. The highest BCUT2D eigenvalue weighted by Crippen LogP contribution is 2.36. The van der Waals surface area contributed by atoms with Gasteiger partial charge in [-0.05, 0) is 47.6 Å². The van der Waals surface area contributed by atoms with E-state index < -0.39 is 36.1 Å². The van der Waals surface area contributed by atoms with Gasteiger partial charge < -0.3 is 15.1 Å². The number of aliphatic hydroxyl groups excluding tert-OH is 2. The summed E-state index contributed by atoms with van der Waals surface area (Å²) in [6.07, 6.45) is 2.08. The lowest BCUT2D eigenvalue weighted by Crippen LogP contribution is -2.58. The molecule has 5 rings (SSSR count). The van der Waals surface area contributed by atoms with Crippen LogP contribution in [0.4, 0.5) is 10.1 Å². The van der Waals surface area contributed by atoms with Crippen LogP contribution in [0.25, 0.3) is 0 Å². The number of nitrogens with one attached hydrogen (secondary N) is 1. The third-order valence-electron chi connectivity index (χ3n) is 5.93. The highest BCUT2D eigenvalue weighted by atomic mass is 127. The van der Waals surface area contributed by atoms with Crippen molar-refractivity contribution in [3.05, 3.63) is 45.0 Å². The third-order valence-corrected chi connectivity index (χ3v) is 6.48. The number of fused-ring (bicyclic) bond motifs is 1. The van der Waals surface area contributed by atoms with Crippen LogP contribution in [0.3, 0.4) is 0 Å². The monoisotopic (exact) mass is 527 g/mol. The molecule has 0 saturated carbocycles. The second-order valence-corrected chi connectivity index (χ2v) is 9.04. The van der Waals surface area contributed by atoms with Crippen molar-refractivity contribution in [2.24, 2.45) is 0 Å². The number of benzene rings is 1. The van der Waals surface area contributed by atoms with Gasteiger partial charge in [-0.15, -0.1) is 0 Å². The van der Waals surface area contributed by atoms with Gasteiger partial charge in [-0.25, -0.2) is 4.39 Å². The molecule has 11 heteroatoms. The number of imide groups is 1. The lowest BCUT2D eigenvalue weighted by molar-refractivity contribution is -0.0413. The molecule has 0 aliphatic carbocycles. The molecule has 2 fully saturated rings. The standard InChI is InChI=1S/C19H19FIN5O4/c20-13-3-11-12(4-15(13)24-7-10(8-24)25-6-9(21)5-22-25)19(30)26(18(11)29)14-1-2-16(27)23-17(14)28/h3-6,10,14,16-17,23,27-28H,1-2,7-8H2. The van der Waals surface area contributed by atoms with Crippen LogP contribution < -0.4 is 10.2 Å². The van der Waals surface area contributed by atoms with Gasteiger partial charge >= 0.3 is 0 Å². The van der Waals surface area contributed by atoms with Crippen molar-refractivity contribution in [1.29, 1.82) is 0 Å². The fraction of sp³-hybridized carbons (Fsp3) is 0.421. The highest BCUT2D eigenvalue weighted by Gasteiger charge is 2.45. The summed E-state index contributed by atoms with van der Waals surface area (Å²) in [6.45, 7) is 1.09. The van der Waals surface area contributed by atoms with Crippen molar-refractivity contribution in [2.75, 3.05) is 18.0 Å². The minimum atomic E-state index is -1.24. The maximum absolute atomic E-state index is 14.8. The van der Waals surface area contributed by atoms with Gasteiger partial charge in [0.05, 0.1) is 38.7 Å². The zero-order valence-corrected chi connectivity index (χ0v) is 17.9. The van der Waals surface area contributed by atoms with E-state index in [9.17, 15) is 24.2 Å². The van der Waals surface area contributed by atoms with Gasteiger partial charge in [0.1, 0.15) is 18.3 Å². The summed E-state index contributed by atoms with van der Waals surface area (Å²) >= 11 is 2.18. The Kier molecular flexibility index (Phi) is 4.80. The van der Waals surface area contributed by atoms with Crippen molar-refractivity contribution in [1.82, 2.24) is 20.0 Å². The van der Waals surface area contributed by atoms with Crippen molar-refractivity contribution < 1.29 is 24.2 Å². The van der Waals surface area contributed by atoms with E-state index in [1.165, 1.54) is 6.07 Å². The largest absolute Gasteiger partial charge is 0.379 e. The number of hydrogen-bond donors (Lipinski definition) is 3. The number of aromatic nitrogens is 2. The number of hydrogen-bond acceptors (Lipinski definition) is 7. The zero-order chi connectivity index (χ0) is 21.2. The van der Waals surface area contributed by atoms with Crippen molar-refractivity contribution in [3.8, 4) is 0 Å². The minimum absolute atomic E-state index is 0.00160. The van der Waals surface area contributed by atoms with E-state index in [2.05, 4.69) is 33.0 Å². The molecule has 158 valence electrons. The Morgan fingerprint density at radius 1 is 1.13 bits per heavy atom. The van der Waals surface area contributed by atoms with Crippen molar-refractivity contribution in [2.45, 2.75) is 37.4 Å². The molecule has 0 bridgehead atoms. The molecule has 2 aromatic rings. The lowest BCUT2D eigenvalue weighted by atomic mass is 10.0. The van der Waals surface area contributed by atoms with Crippen LogP contribution >= 0.6 is 22.6 Å². The summed E-state index contributed by atoms with van der Waals surface area (Å²) in [5, 5.41) is 26.6. The van der Waals surface area contributed by atoms with Crippen LogP contribution in [0, 0.1) is 9.39 Å². The van der Waals surface area contributed by atoms with Crippen molar-refractivity contribution >= 4 is 40.1 Å². The van der Waals surface area contributed by atoms with Crippen LogP contribution in [-0.4, -0.2) is 68.3 Å². The van der Waals surface area contributed by atoms with Gasteiger partial charge in [0.25, 0.3) is 11.8 Å². The van der Waals surface area contributed by atoms with E-state index in [-0.39, 0.29) is 35.7 Å². The quantitative estimate of drug-likeness (QED) is 0.398. The van der Waals surface area contributed by atoms with E-state index in [1.807, 2.05) is 15.8 Å². The van der Waals surface area contributed by atoms with E-state index in [0.717, 1.165) is 14.5 Å². The van der Waals surface area contributed by atoms with Crippen LogP contribution in [0.5, 0.6) is 0 Å². The number of amides is 2. The molecule has 0 spiro atoms. The molecule has 2 amide bonds. The average molecular weight is 527 g/mol. The number of piperidine rings is 1. The van der Waals surface area contributed by atoms with Gasteiger partial charge in [0, 0.05) is 19.3 Å². The molecule has 3 aliphatic rings. The Labute approximate surface area is 184 Å². The number of carbonyl (C=O) groups is 2. The minimum Gasteiger partial charge on any atom is -0.379 e. The number of aliphatic hydroxyl groups is 2. The predicted octanol–water partition coefficient (Wildman–Crippen LogP) is 0.673. The SMILES string of the molecule is O=C1c2cc(F)c(N3CC(n4cc(I)cn4)C3)cc2C(=O)N1C1CCC(O)NC1O. The van der Waals surface area contributed by atoms with E-state index in [0.29, 0.717) is 13.1 Å². The van der Waals surface area contributed by atoms with Crippen LogP contribution in [0.15, 0.2) is 24.5 Å². The number of rotatable bonds is 3. The first kappa shape index (κ1) is 19.8. The van der Waals surface area contributed by atoms with Crippen LogP contribution in [0.1, 0.15) is 39.6 Å². The summed E-state index contributed by atoms with van der Waals surface area (Å²) in [6, 6.07) is 1.82. The topological polar surface area (TPSA) is 111 Å². The van der Waals surface area contributed by atoms with E-state index >= 15 is 0 Å². The summed E-state index contributed by atoms with van der Waals surface area (Å²) in [7, 11) is 0. The lowest BCUT2D eigenvalue weighted by Gasteiger charge is -2.41. The molecule has 3 unspecified atom stereocenters. The Bertz CT molecular complexity index is 1040. The number of anilines is 1. The second-order valence-electron chi connectivity index (χ2n) is 7.80. The summed E-state index contributed by atoms with van der Waals surface area (Å²) in [5.41, 5.74) is 0.401. The highest BCUT2D eigenvalue weighted by molar-refractivity contribution is 14.1. The summed E-state index contributed by atoms with van der Waals surface area (Å²) < 4.78 is 17.7. The Morgan fingerprint density at radius 2 is 1.83 bits per heavy atom. The third kappa shape index (κ3) is 3.11. The molecule has 9 nitrogen and oxygen atoms in total. The molecule has 30 heavy (non-hydrogen) atoms. The number of nitrogens with zero attached hydrogens (tertiary/aromatic N) is 4. The Morgan fingerprint density at radius 3 is 2.47 bits per heavy atom. The normalized spacial score (nSPS) is 26.9. The first-order chi connectivity index (χ1) is 14.3. The number of carbonyl (C=O) groups excluding carboxylic acids is 2. The van der Waals surface area contributed by atoms with Gasteiger partial charge in [-0.1, -0.05) is 0 Å². The summed E-state index contributed by atoms with van der Waals surface area (Å²) in [5.74, 6) is -1.75. The van der Waals surface area contributed by atoms with E-state index in [1.54, 1.807) is 6.20 Å². The first-order valence-electron chi connectivity index (χ1n) is 9.61. The smallest absolute Gasteiger partial charge is 0.262 e. The van der Waals surface area contributed by atoms with Crippen LogP contribution in [-0.2, 0) is 0 Å². The van der Waals surface area contributed by atoms with Crippen molar-refractivity contribution in [3.63, 3.8) is 0 Å². The summed E-state index contributed by atoms with van der Waals surface area (Å²) in [4.78, 5) is 28.5. The molecular formula is C19H19FIN5O4. The van der Waals surface area contributed by atoms with Crippen LogP contribution in [0.2, 0.25) is 0 Å². The molecule has 1 aromatic heterocycles. The maximum atomic E-state index is 14.8. The maximum Gasteiger partial charge on any atom is 0.262 e. The van der Waals surface area contributed by atoms with Gasteiger partial charge in [0.15, 0.2) is 0 Å². The molecular weight excluding hydrogens is 508 g/mol. The van der Waals surface area contributed by atoms with E-state index in [4.69, 9.17) is 0 Å². The molecule has 3 atom stereocenters. The molecule has 4 heterocycles. The van der Waals surface area contributed by atoms with Gasteiger partial charge in [0.2, 0.25) is 0 Å². The molecule has 3 aliphatic heterocycles. The zero-order valence-electron chi connectivity index (χ0n) is 15.7. The predicted molar refractivity (Wildman–Crippen MR) is 111 cm³/mol. The molecule has 2 saturated heterocycles. The fourth-order valence-corrected chi connectivity index (χ4v) is 4.70. The van der Waals surface area contributed by atoms with Gasteiger partial charge in [-0.2, -0.15) is 5.10 Å². The molecule has 3 N–H and O–H groups in total. The van der Waals surface area contributed by atoms with Gasteiger partial charge in [-0.3, -0.25) is 24.5 Å². The first-order valence-corrected chi connectivity index (χ1v) is 10.7.